The van der Waals surface area contributed by atoms with E-state index in [0.29, 0.717) is 0 Å². The second-order valence-corrected chi connectivity index (χ2v) is 7.66. The van der Waals surface area contributed by atoms with Crippen LogP contribution in [0.15, 0.2) is 52.4 Å². The van der Waals surface area contributed by atoms with Crippen LogP contribution in [0.25, 0.3) is 11.3 Å². The fourth-order valence-electron chi connectivity index (χ4n) is 3.32. The highest BCUT2D eigenvalue weighted by atomic mass is 32.2. The molecule has 0 fully saturated rings. The number of halogens is 3. The monoisotopic (exact) mass is 408 g/mol. The Hall–Kier alpha value is -3.14. The van der Waals surface area contributed by atoms with Gasteiger partial charge in [-0.15, -0.1) is 13.2 Å². The molecule has 0 saturated heterocycles. The molecule has 4 rings (SSSR count). The highest BCUT2D eigenvalue weighted by Crippen LogP contribution is 2.42. The van der Waals surface area contributed by atoms with E-state index in [4.69, 9.17) is 0 Å². The number of aliphatic imine (C=N–C) groups is 1. The Morgan fingerprint density at radius 1 is 1.11 bits per heavy atom. The van der Waals surface area contributed by atoms with Crippen LogP contribution < -0.4 is 9.46 Å². The molecule has 6 nitrogen and oxygen atoms in total. The summed E-state index contributed by atoms with van der Waals surface area (Å²) in [7, 11) is -2.56. The lowest BCUT2D eigenvalue weighted by Crippen LogP contribution is -2.26. The third-order valence-electron chi connectivity index (χ3n) is 4.33. The van der Waals surface area contributed by atoms with Crippen LogP contribution in [0.3, 0.4) is 0 Å². The Balaban J connectivity index is 2.00. The Kier molecular flexibility index (Phi) is 3.86. The molecule has 0 saturated carbocycles. The van der Waals surface area contributed by atoms with Crippen molar-refractivity contribution in [2.75, 3.05) is 7.05 Å². The number of carbonyl (C=O) groups excluding carboxylic acids is 1. The van der Waals surface area contributed by atoms with E-state index in [1.54, 1.807) is 0 Å². The number of rotatable bonds is 2. The summed E-state index contributed by atoms with van der Waals surface area (Å²) < 4.78 is 69.0. The SMILES string of the molecule is CN=C1C(=O)c2cccc3c2C(=C1c1cccc(OC(F)(F)F)c1)NS3(=O)=O. The average molecular weight is 408 g/mol. The van der Waals surface area contributed by atoms with E-state index >= 15 is 0 Å². The zero-order valence-electron chi connectivity index (χ0n) is 14.2. The number of benzene rings is 2. The van der Waals surface area contributed by atoms with Crippen LogP contribution in [0.2, 0.25) is 0 Å². The van der Waals surface area contributed by atoms with Gasteiger partial charge in [-0.2, -0.15) is 0 Å². The molecule has 0 unspecified atom stereocenters. The number of sulfonamides is 1. The molecule has 1 aliphatic carbocycles. The summed E-state index contributed by atoms with van der Waals surface area (Å²) in [5.74, 6) is -1.01. The highest BCUT2D eigenvalue weighted by Gasteiger charge is 2.41. The number of ketones is 1. The zero-order valence-corrected chi connectivity index (χ0v) is 15.0. The fourth-order valence-corrected chi connectivity index (χ4v) is 4.64. The molecule has 28 heavy (non-hydrogen) atoms. The zero-order chi connectivity index (χ0) is 20.3. The van der Waals surface area contributed by atoms with Crippen LogP contribution in [0, 0.1) is 0 Å². The predicted octanol–water partition coefficient (Wildman–Crippen LogP) is 3.01. The van der Waals surface area contributed by atoms with Gasteiger partial charge in [-0.1, -0.05) is 24.3 Å². The van der Waals surface area contributed by atoms with Gasteiger partial charge in [-0.25, -0.2) is 8.42 Å². The molecular weight excluding hydrogens is 397 g/mol. The van der Waals surface area contributed by atoms with Gasteiger partial charge < -0.3 is 4.74 Å². The molecule has 1 heterocycles. The number of alkyl halides is 3. The number of allylic oxidation sites excluding steroid dienone is 1. The van der Waals surface area contributed by atoms with Gasteiger partial charge in [0.1, 0.15) is 11.5 Å². The first kappa shape index (κ1) is 18.2. The Labute approximate surface area is 157 Å². The topological polar surface area (TPSA) is 84.8 Å². The summed E-state index contributed by atoms with van der Waals surface area (Å²) in [4.78, 5) is 16.8. The van der Waals surface area contributed by atoms with E-state index in [-0.39, 0.29) is 38.6 Å². The van der Waals surface area contributed by atoms with Crippen molar-refractivity contribution in [3.05, 3.63) is 59.2 Å². The van der Waals surface area contributed by atoms with Crippen molar-refractivity contribution >= 4 is 32.8 Å². The Morgan fingerprint density at radius 3 is 2.50 bits per heavy atom. The molecule has 10 heteroatoms. The van der Waals surface area contributed by atoms with Crippen molar-refractivity contribution in [2.24, 2.45) is 4.99 Å². The standard InChI is InChI=1S/C18H11F3N2O4S/c1-22-16-13(9-4-2-5-10(8-9)27-18(19,20)21)15-14-11(17(16)24)6-3-7-12(14)28(25,26)23-15/h2-8,23H,1H3. The van der Waals surface area contributed by atoms with Gasteiger partial charge in [-0.05, 0) is 23.8 Å². The maximum atomic E-state index is 12.9. The summed E-state index contributed by atoms with van der Waals surface area (Å²) in [6.45, 7) is 0. The Morgan fingerprint density at radius 2 is 1.82 bits per heavy atom. The first-order valence-electron chi connectivity index (χ1n) is 7.91. The second-order valence-electron chi connectivity index (χ2n) is 6.01. The summed E-state index contributed by atoms with van der Waals surface area (Å²) in [5.41, 5.74) is 0.658. The number of hydrogen-bond donors (Lipinski definition) is 1. The summed E-state index contributed by atoms with van der Waals surface area (Å²) in [6.07, 6.45) is -4.89. The van der Waals surface area contributed by atoms with Crippen molar-refractivity contribution in [3.63, 3.8) is 0 Å². The molecule has 1 aliphatic heterocycles. The van der Waals surface area contributed by atoms with Crippen LogP contribution in [0.4, 0.5) is 13.2 Å². The average Bonchev–Trinajstić information content (AvgIpc) is 2.88. The first-order chi connectivity index (χ1) is 13.1. The normalized spacial score (nSPS) is 18.9. The number of nitrogens with zero attached hydrogens (tertiary/aromatic N) is 1. The third kappa shape index (κ3) is 2.76. The molecule has 0 radical (unpaired) electrons. The molecular formula is C18H11F3N2O4S. The van der Waals surface area contributed by atoms with Crippen LogP contribution >= 0.6 is 0 Å². The van der Waals surface area contributed by atoms with Crippen molar-refractivity contribution < 1.29 is 31.1 Å². The summed E-state index contributed by atoms with van der Waals surface area (Å²) in [5, 5.41) is 0. The molecule has 2 aromatic carbocycles. The first-order valence-corrected chi connectivity index (χ1v) is 9.39. The molecule has 0 spiro atoms. The van der Waals surface area contributed by atoms with E-state index in [2.05, 4.69) is 14.5 Å². The van der Waals surface area contributed by atoms with Gasteiger partial charge in [0.05, 0.1) is 10.6 Å². The largest absolute Gasteiger partial charge is 0.573 e. The number of hydrogen-bond acceptors (Lipinski definition) is 5. The van der Waals surface area contributed by atoms with Gasteiger partial charge >= 0.3 is 6.36 Å². The van der Waals surface area contributed by atoms with Crippen molar-refractivity contribution in [1.82, 2.24) is 4.72 Å². The van der Waals surface area contributed by atoms with E-state index in [1.165, 1.54) is 37.4 Å². The summed E-state index contributed by atoms with van der Waals surface area (Å²) >= 11 is 0. The minimum Gasteiger partial charge on any atom is -0.406 e. The van der Waals surface area contributed by atoms with Gasteiger partial charge in [0.25, 0.3) is 10.0 Å². The number of Topliss-reactive ketones (excluding diaryl/α,β-unsaturated/α-hetero) is 1. The maximum absolute atomic E-state index is 12.9. The van der Waals surface area contributed by atoms with Crippen LogP contribution in [-0.4, -0.2) is 33.3 Å². The second kappa shape index (κ2) is 5.93. The smallest absolute Gasteiger partial charge is 0.406 e. The van der Waals surface area contributed by atoms with Crippen LogP contribution in [0.1, 0.15) is 21.5 Å². The molecule has 0 atom stereocenters. The lowest BCUT2D eigenvalue weighted by atomic mass is 9.84. The fraction of sp³-hybridized carbons (Fsp3) is 0.111. The molecule has 2 aromatic rings. The minimum atomic E-state index is -4.89. The van der Waals surface area contributed by atoms with Gasteiger partial charge in [0, 0.05) is 23.7 Å². The third-order valence-corrected chi connectivity index (χ3v) is 5.72. The van der Waals surface area contributed by atoms with Crippen LogP contribution in [-0.2, 0) is 10.0 Å². The highest BCUT2D eigenvalue weighted by molar-refractivity contribution is 7.90. The van der Waals surface area contributed by atoms with Crippen molar-refractivity contribution in [2.45, 2.75) is 11.3 Å². The number of ether oxygens (including phenoxy) is 1. The quantitative estimate of drug-likeness (QED) is 0.828. The van der Waals surface area contributed by atoms with E-state index in [0.717, 1.165) is 12.1 Å². The molecule has 0 amide bonds. The van der Waals surface area contributed by atoms with E-state index < -0.39 is 27.9 Å². The maximum Gasteiger partial charge on any atom is 0.573 e. The van der Waals surface area contributed by atoms with Crippen LogP contribution in [0.5, 0.6) is 5.75 Å². The number of carbonyl (C=O) groups is 1. The van der Waals surface area contributed by atoms with Gasteiger partial charge in [0.2, 0.25) is 5.78 Å². The predicted molar refractivity (Wildman–Crippen MR) is 94.4 cm³/mol. The minimum absolute atomic E-state index is 0.0617. The lowest BCUT2D eigenvalue weighted by Gasteiger charge is -2.21. The van der Waals surface area contributed by atoms with Gasteiger partial charge in [0.15, 0.2) is 0 Å². The lowest BCUT2D eigenvalue weighted by molar-refractivity contribution is -0.274. The molecule has 144 valence electrons. The van der Waals surface area contributed by atoms with Gasteiger partial charge in [-0.3, -0.25) is 14.5 Å². The molecule has 1 N–H and O–H groups in total. The summed E-state index contributed by atoms with van der Waals surface area (Å²) in [6, 6.07) is 9.23. The van der Waals surface area contributed by atoms with E-state index in [9.17, 15) is 26.4 Å². The van der Waals surface area contributed by atoms with Crippen molar-refractivity contribution in [3.8, 4) is 5.75 Å². The van der Waals surface area contributed by atoms with Crippen molar-refractivity contribution in [1.29, 1.82) is 0 Å². The number of nitrogens with one attached hydrogen (secondary N) is 1. The molecule has 2 aliphatic rings. The van der Waals surface area contributed by atoms with E-state index in [1.807, 2.05) is 0 Å². The molecule has 0 aromatic heterocycles. The molecule has 0 bridgehead atoms. The Bertz CT molecular complexity index is 1200.